The molecule has 96 valence electrons. The molecule has 0 amide bonds. The van der Waals surface area contributed by atoms with Crippen LogP contribution >= 0.6 is 0 Å². The van der Waals surface area contributed by atoms with Gasteiger partial charge in [0.2, 0.25) is 0 Å². The second kappa shape index (κ2) is 4.73. The van der Waals surface area contributed by atoms with E-state index in [2.05, 4.69) is 0 Å². The Labute approximate surface area is 106 Å². The highest BCUT2D eigenvalue weighted by atomic mass is 19.4. The van der Waals surface area contributed by atoms with Gasteiger partial charge in [0.15, 0.2) is 0 Å². The summed E-state index contributed by atoms with van der Waals surface area (Å²) in [5.74, 6) is -0.668. The van der Waals surface area contributed by atoms with E-state index in [-0.39, 0.29) is 11.1 Å². The molecular formula is C14H7F4N. The quantitative estimate of drug-likeness (QED) is 0.702. The van der Waals surface area contributed by atoms with Gasteiger partial charge in [0.05, 0.1) is 11.1 Å². The highest BCUT2D eigenvalue weighted by Crippen LogP contribution is 2.36. The van der Waals surface area contributed by atoms with Crippen LogP contribution < -0.4 is 0 Å². The van der Waals surface area contributed by atoms with Gasteiger partial charge in [-0.2, -0.15) is 18.4 Å². The Balaban J connectivity index is 2.74. The molecule has 0 aromatic heterocycles. The molecular weight excluding hydrogens is 258 g/mol. The number of nitrogens with zero attached hydrogens (tertiary/aromatic N) is 1. The van der Waals surface area contributed by atoms with Crippen molar-refractivity contribution in [3.63, 3.8) is 0 Å². The van der Waals surface area contributed by atoms with Crippen LogP contribution in [0.3, 0.4) is 0 Å². The number of alkyl halides is 3. The van der Waals surface area contributed by atoms with Crippen molar-refractivity contribution in [3.8, 4) is 17.2 Å². The Morgan fingerprint density at radius 3 is 2.11 bits per heavy atom. The lowest BCUT2D eigenvalue weighted by molar-refractivity contribution is -0.137. The first-order valence-electron chi connectivity index (χ1n) is 5.30. The fourth-order valence-electron chi connectivity index (χ4n) is 1.81. The summed E-state index contributed by atoms with van der Waals surface area (Å²) in [6.45, 7) is 0. The van der Waals surface area contributed by atoms with Crippen LogP contribution in [-0.2, 0) is 6.18 Å². The Morgan fingerprint density at radius 1 is 0.895 bits per heavy atom. The standard InChI is InChI=1S/C14H7F4N/c15-13-7-2-1-4-10(13)9-5-3-6-12(11(9)8-19)14(16,17)18/h1-7H. The molecule has 0 atom stereocenters. The van der Waals surface area contributed by atoms with E-state index in [9.17, 15) is 17.6 Å². The molecule has 0 saturated carbocycles. The van der Waals surface area contributed by atoms with Crippen molar-refractivity contribution < 1.29 is 17.6 Å². The molecule has 0 N–H and O–H groups in total. The normalized spacial score (nSPS) is 11.1. The van der Waals surface area contributed by atoms with E-state index in [0.29, 0.717) is 0 Å². The minimum absolute atomic E-state index is 0.0230. The minimum Gasteiger partial charge on any atom is -0.206 e. The number of halogens is 4. The van der Waals surface area contributed by atoms with Gasteiger partial charge in [0.25, 0.3) is 0 Å². The van der Waals surface area contributed by atoms with Crippen LogP contribution in [0.1, 0.15) is 11.1 Å². The third-order valence-electron chi connectivity index (χ3n) is 2.65. The van der Waals surface area contributed by atoms with Crippen molar-refractivity contribution in [2.24, 2.45) is 0 Å². The number of nitriles is 1. The van der Waals surface area contributed by atoms with Gasteiger partial charge in [-0.05, 0) is 12.1 Å². The molecule has 0 bridgehead atoms. The van der Waals surface area contributed by atoms with E-state index in [1.165, 1.54) is 30.3 Å². The molecule has 1 nitrogen and oxygen atoms in total. The molecule has 0 radical (unpaired) electrons. The zero-order chi connectivity index (χ0) is 14.0. The van der Waals surface area contributed by atoms with Crippen LogP contribution in [-0.4, -0.2) is 0 Å². The van der Waals surface area contributed by atoms with Gasteiger partial charge in [-0.25, -0.2) is 4.39 Å². The average Bonchev–Trinajstić information content (AvgIpc) is 2.37. The Kier molecular flexibility index (Phi) is 3.26. The third kappa shape index (κ3) is 2.43. The lowest BCUT2D eigenvalue weighted by Gasteiger charge is -2.12. The summed E-state index contributed by atoms with van der Waals surface area (Å²) in [4.78, 5) is 0. The summed E-state index contributed by atoms with van der Waals surface area (Å²) < 4.78 is 52.0. The summed E-state index contributed by atoms with van der Waals surface area (Å²) in [5.41, 5.74) is -1.71. The van der Waals surface area contributed by atoms with E-state index < -0.39 is 23.1 Å². The molecule has 0 heterocycles. The summed E-state index contributed by atoms with van der Waals surface area (Å²) in [6.07, 6.45) is -4.65. The number of benzene rings is 2. The van der Waals surface area contributed by atoms with Gasteiger partial charge in [-0.15, -0.1) is 0 Å². The highest BCUT2D eigenvalue weighted by molar-refractivity contribution is 5.72. The van der Waals surface area contributed by atoms with Crippen molar-refractivity contribution >= 4 is 0 Å². The first-order valence-corrected chi connectivity index (χ1v) is 5.30. The molecule has 0 aliphatic carbocycles. The number of rotatable bonds is 1. The number of hydrogen-bond donors (Lipinski definition) is 0. The lowest BCUT2D eigenvalue weighted by Crippen LogP contribution is -2.08. The van der Waals surface area contributed by atoms with Crippen LogP contribution in [0.15, 0.2) is 42.5 Å². The minimum atomic E-state index is -4.65. The second-order valence-corrected chi connectivity index (χ2v) is 3.82. The van der Waals surface area contributed by atoms with Crippen LogP contribution in [0.25, 0.3) is 11.1 Å². The highest BCUT2D eigenvalue weighted by Gasteiger charge is 2.34. The zero-order valence-corrected chi connectivity index (χ0v) is 9.50. The van der Waals surface area contributed by atoms with E-state index in [1.54, 1.807) is 0 Å². The summed E-state index contributed by atoms with van der Waals surface area (Å²) in [7, 11) is 0. The first-order chi connectivity index (χ1) is 8.95. The van der Waals surface area contributed by atoms with E-state index in [0.717, 1.165) is 18.2 Å². The van der Waals surface area contributed by atoms with Crippen molar-refractivity contribution in [1.29, 1.82) is 5.26 Å². The Morgan fingerprint density at radius 2 is 1.53 bits per heavy atom. The smallest absolute Gasteiger partial charge is 0.206 e. The van der Waals surface area contributed by atoms with E-state index in [4.69, 9.17) is 5.26 Å². The Bertz CT molecular complexity index is 653. The first kappa shape index (κ1) is 13.1. The molecule has 0 aliphatic rings. The summed E-state index contributed by atoms with van der Waals surface area (Å²) >= 11 is 0. The van der Waals surface area contributed by atoms with Gasteiger partial charge in [0, 0.05) is 11.1 Å². The maximum Gasteiger partial charge on any atom is 0.417 e. The molecule has 0 fully saturated rings. The fourth-order valence-corrected chi connectivity index (χ4v) is 1.81. The van der Waals surface area contributed by atoms with E-state index >= 15 is 0 Å². The SMILES string of the molecule is N#Cc1c(-c2ccccc2F)cccc1C(F)(F)F. The van der Waals surface area contributed by atoms with Gasteiger partial charge >= 0.3 is 6.18 Å². The van der Waals surface area contributed by atoms with Crippen molar-refractivity contribution in [2.45, 2.75) is 6.18 Å². The third-order valence-corrected chi connectivity index (χ3v) is 2.65. The molecule has 0 saturated heterocycles. The number of hydrogen-bond acceptors (Lipinski definition) is 1. The lowest BCUT2D eigenvalue weighted by atomic mass is 9.95. The van der Waals surface area contributed by atoms with Gasteiger partial charge in [0.1, 0.15) is 11.9 Å². The maximum absolute atomic E-state index is 13.6. The molecule has 2 aromatic rings. The molecule has 0 aliphatic heterocycles. The van der Waals surface area contributed by atoms with Crippen molar-refractivity contribution in [1.82, 2.24) is 0 Å². The van der Waals surface area contributed by atoms with Crippen molar-refractivity contribution in [3.05, 3.63) is 59.4 Å². The predicted molar refractivity (Wildman–Crippen MR) is 61.6 cm³/mol. The summed E-state index contributed by atoms with van der Waals surface area (Å²) in [6, 6.07) is 10.2. The predicted octanol–water partition coefficient (Wildman–Crippen LogP) is 4.38. The molecule has 0 unspecified atom stereocenters. The molecule has 2 rings (SSSR count). The van der Waals surface area contributed by atoms with Crippen molar-refractivity contribution in [2.75, 3.05) is 0 Å². The zero-order valence-electron chi connectivity index (χ0n) is 9.50. The van der Waals surface area contributed by atoms with Gasteiger partial charge in [-0.1, -0.05) is 30.3 Å². The van der Waals surface area contributed by atoms with Gasteiger partial charge in [-0.3, -0.25) is 0 Å². The average molecular weight is 265 g/mol. The fraction of sp³-hybridized carbons (Fsp3) is 0.0714. The van der Waals surface area contributed by atoms with Crippen LogP contribution in [0.5, 0.6) is 0 Å². The maximum atomic E-state index is 13.6. The Hall–Kier alpha value is -2.35. The monoisotopic (exact) mass is 265 g/mol. The summed E-state index contributed by atoms with van der Waals surface area (Å²) in [5, 5.41) is 8.94. The van der Waals surface area contributed by atoms with Crippen LogP contribution in [0.2, 0.25) is 0 Å². The van der Waals surface area contributed by atoms with Crippen LogP contribution in [0.4, 0.5) is 17.6 Å². The largest absolute Gasteiger partial charge is 0.417 e. The molecule has 19 heavy (non-hydrogen) atoms. The second-order valence-electron chi connectivity index (χ2n) is 3.82. The molecule has 2 aromatic carbocycles. The van der Waals surface area contributed by atoms with Crippen LogP contribution in [0, 0.1) is 17.1 Å². The molecule has 0 spiro atoms. The molecule has 5 heteroatoms. The van der Waals surface area contributed by atoms with Gasteiger partial charge < -0.3 is 0 Å². The van der Waals surface area contributed by atoms with E-state index in [1.807, 2.05) is 0 Å². The topological polar surface area (TPSA) is 23.8 Å².